The number of carbonyl (C=O) groups is 2. The molecule has 0 aliphatic carbocycles. The highest BCUT2D eigenvalue weighted by atomic mass is 16.5. The van der Waals surface area contributed by atoms with Crippen LogP contribution in [0.25, 0.3) is 6.08 Å². The molecular weight excluding hydrogens is 368 g/mol. The Balaban J connectivity index is 1.77. The molecule has 6 heteroatoms. The Morgan fingerprint density at radius 1 is 1.00 bits per heavy atom. The van der Waals surface area contributed by atoms with E-state index in [2.05, 4.69) is 10.6 Å². The number of methoxy groups -OCH3 is 1. The monoisotopic (exact) mass is 390 g/mol. The number of nitrogens with one attached hydrogen (secondary N) is 2. The number of furan rings is 1. The minimum atomic E-state index is -0.422. The van der Waals surface area contributed by atoms with Gasteiger partial charge in [0.2, 0.25) is 0 Å². The molecule has 148 valence electrons. The third-order valence-corrected chi connectivity index (χ3v) is 4.32. The van der Waals surface area contributed by atoms with Crippen molar-refractivity contribution in [3.63, 3.8) is 0 Å². The highest BCUT2D eigenvalue weighted by Crippen LogP contribution is 2.18. The molecular formula is C23H22N2O4. The van der Waals surface area contributed by atoms with Crippen molar-refractivity contribution >= 4 is 17.9 Å². The number of ether oxygens (including phenoxy) is 1. The van der Waals surface area contributed by atoms with Crippen LogP contribution in [0.4, 0.5) is 0 Å². The molecule has 1 aromatic heterocycles. The van der Waals surface area contributed by atoms with Crippen LogP contribution < -0.4 is 15.4 Å². The second-order valence-corrected chi connectivity index (χ2v) is 6.36. The minimum absolute atomic E-state index is 0.0918. The maximum absolute atomic E-state index is 12.9. The van der Waals surface area contributed by atoms with E-state index < -0.39 is 5.91 Å². The first-order chi connectivity index (χ1) is 14.1. The summed E-state index contributed by atoms with van der Waals surface area (Å²) in [5, 5.41) is 5.58. The summed E-state index contributed by atoms with van der Waals surface area (Å²) in [5.74, 6) is 0.395. The second kappa shape index (κ2) is 9.41. The molecule has 2 aromatic carbocycles. The predicted octanol–water partition coefficient (Wildman–Crippen LogP) is 3.94. The van der Waals surface area contributed by atoms with E-state index in [1.165, 1.54) is 12.3 Å². The third-order valence-electron chi connectivity index (χ3n) is 4.32. The van der Waals surface area contributed by atoms with Gasteiger partial charge in [0, 0.05) is 11.6 Å². The van der Waals surface area contributed by atoms with Crippen LogP contribution in [0.1, 0.15) is 34.6 Å². The van der Waals surface area contributed by atoms with Gasteiger partial charge in [0.05, 0.1) is 19.4 Å². The zero-order valence-corrected chi connectivity index (χ0v) is 16.2. The maximum atomic E-state index is 12.9. The van der Waals surface area contributed by atoms with E-state index in [1.807, 2.05) is 37.3 Å². The highest BCUT2D eigenvalue weighted by molar-refractivity contribution is 6.05. The van der Waals surface area contributed by atoms with Crippen molar-refractivity contribution in [2.24, 2.45) is 0 Å². The molecule has 0 bridgehead atoms. The average Bonchev–Trinajstić information content (AvgIpc) is 3.27. The number of rotatable bonds is 7. The van der Waals surface area contributed by atoms with Gasteiger partial charge in [-0.15, -0.1) is 0 Å². The summed E-state index contributed by atoms with van der Waals surface area (Å²) in [6.45, 7) is 1.86. The van der Waals surface area contributed by atoms with Crippen LogP contribution in [0.3, 0.4) is 0 Å². The molecule has 0 unspecified atom stereocenters. The van der Waals surface area contributed by atoms with Crippen molar-refractivity contribution in [1.82, 2.24) is 10.6 Å². The van der Waals surface area contributed by atoms with Gasteiger partial charge in [-0.1, -0.05) is 30.3 Å². The van der Waals surface area contributed by atoms with Crippen molar-refractivity contribution in [2.75, 3.05) is 7.11 Å². The van der Waals surface area contributed by atoms with Crippen LogP contribution in [0.5, 0.6) is 5.75 Å². The summed E-state index contributed by atoms with van der Waals surface area (Å²) >= 11 is 0. The fourth-order valence-electron chi connectivity index (χ4n) is 2.71. The first kappa shape index (κ1) is 19.9. The Labute approximate surface area is 169 Å². The van der Waals surface area contributed by atoms with Crippen LogP contribution in [0, 0.1) is 0 Å². The van der Waals surface area contributed by atoms with Gasteiger partial charge < -0.3 is 19.8 Å². The normalized spacial score (nSPS) is 12.1. The zero-order chi connectivity index (χ0) is 20.6. The van der Waals surface area contributed by atoms with Crippen molar-refractivity contribution in [3.05, 3.63) is 95.6 Å². The average molecular weight is 390 g/mol. The Hall–Kier alpha value is -3.80. The van der Waals surface area contributed by atoms with Crippen molar-refractivity contribution in [3.8, 4) is 5.75 Å². The SMILES string of the molecule is COc1ccc([C@@H](C)NC(=O)/C(=C/c2ccco2)NC(=O)c2ccccc2)cc1. The van der Waals surface area contributed by atoms with Crippen LogP contribution >= 0.6 is 0 Å². The topological polar surface area (TPSA) is 80.6 Å². The van der Waals surface area contributed by atoms with E-state index in [9.17, 15) is 9.59 Å². The van der Waals surface area contributed by atoms with Crippen LogP contribution in [0.15, 0.2) is 83.1 Å². The second-order valence-electron chi connectivity index (χ2n) is 6.36. The maximum Gasteiger partial charge on any atom is 0.268 e. The largest absolute Gasteiger partial charge is 0.497 e. The van der Waals surface area contributed by atoms with E-state index >= 15 is 0 Å². The molecule has 1 heterocycles. The smallest absolute Gasteiger partial charge is 0.268 e. The summed E-state index contributed by atoms with van der Waals surface area (Å²) in [4.78, 5) is 25.4. The van der Waals surface area contributed by atoms with Gasteiger partial charge in [0.25, 0.3) is 11.8 Å². The predicted molar refractivity (Wildman–Crippen MR) is 110 cm³/mol. The molecule has 0 aliphatic rings. The minimum Gasteiger partial charge on any atom is -0.497 e. The van der Waals surface area contributed by atoms with E-state index in [0.29, 0.717) is 11.3 Å². The standard InChI is InChI=1S/C23H22N2O4/c1-16(17-10-12-19(28-2)13-11-17)24-23(27)21(15-20-9-6-14-29-20)25-22(26)18-7-4-3-5-8-18/h3-16H,1-2H3,(H,24,27)(H,25,26)/b21-15-/t16-/m1/s1. The molecule has 0 saturated heterocycles. The number of amides is 2. The quantitative estimate of drug-likeness (QED) is 0.599. The first-order valence-corrected chi connectivity index (χ1v) is 9.13. The molecule has 6 nitrogen and oxygen atoms in total. The molecule has 0 aliphatic heterocycles. The van der Waals surface area contributed by atoms with Gasteiger partial charge in [-0.2, -0.15) is 0 Å². The van der Waals surface area contributed by atoms with Crippen LogP contribution in [0.2, 0.25) is 0 Å². The van der Waals surface area contributed by atoms with Crippen molar-refractivity contribution in [2.45, 2.75) is 13.0 Å². The van der Waals surface area contributed by atoms with E-state index in [4.69, 9.17) is 9.15 Å². The molecule has 0 radical (unpaired) electrons. The summed E-state index contributed by atoms with van der Waals surface area (Å²) in [7, 11) is 1.60. The fraction of sp³-hybridized carbons (Fsp3) is 0.130. The van der Waals surface area contributed by atoms with Crippen molar-refractivity contribution < 1.29 is 18.7 Å². The number of benzene rings is 2. The summed E-state index contributed by atoms with van der Waals surface area (Å²) in [6, 6.07) is 19.2. The molecule has 0 fully saturated rings. The Morgan fingerprint density at radius 3 is 2.34 bits per heavy atom. The van der Waals surface area contributed by atoms with E-state index in [1.54, 1.807) is 43.5 Å². The van der Waals surface area contributed by atoms with Gasteiger partial charge in [-0.05, 0) is 48.9 Å². The molecule has 3 rings (SSSR count). The highest BCUT2D eigenvalue weighted by Gasteiger charge is 2.18. The van der Waals surface area contributed by atoms with Gasteiger partial charge in [-0.3, -0.25) is 9.59 Å². The summed E-state index contributed by atoms with van der Waals surface area (Å²) < 4.78 is 10.5. The van der Waals surface area contributed by atoms with Gasteiger partial charge in [-0.25, -0.2) is 0 Å². The number of carbonyl (C=O) groups excluding carboxylic acids is 2. The van der Waals surface area contributed by atoms with E-state index in [0.717, 1.165) is 11.3 Å². The molecule has 2 amide bonds. The Kier molecular flexibility index (Phi) is 6.47. The summed E-state index contributed by atoms with van der Waals surface area (Å²) in [6.07, 6.45) is 3.00. The number of hydrogen-bond acceptors (Lipinski definition) is 4. The van der Waals surface area contributed by atoms with Gasteiger partial charge in [0.1, 0.15) is 17.2 Å². The van der Waals surface area contributed by atoms with E-state index in [-0.39, 0.29) is 17.6 Å². The lowest BCUT2D eigenvalue weighted by atomic mass is 10.1. The Morgan fingerprint density at radius 2 is 1.72 bits per heavy atom. The molecule has 2 N–H and O–H groups in total. The molecule has 0 saturated carbocycles. The van der Waals surface area contributed by atoms with Crippen LogP contribution in [-0.4, -0.2) is 18.9 Å². The molecule has 0 spiro atoms. The Bertz CT molecular complexity index is 977. The fourth-order valence-corrected chi connectivity index (χ4v) is 2.71. The lowest BCUT2D eigenvalue weighted by Crippen LogP contribution is -2.36. The molecule has 1 atom stereocenters. The molecule has 3 aromatic rings. The first-order valence-electron chi connectivity index (χ1n) is 9.13. The lowest BCUT2D eigenvalue weighted by molar-refractivity contribution is -0.118. The third kappa shape index (κ3) is 5.35. The van der Waals surface area contributed by atoms with Crippen molar-refractivity contribution in [1.29, 1.82) is 0 Å². The zero-order valence-electron chi connectivity index (χ0n) is 16.2. The summed E-state index contributed by atoms with van der Waals surface area (Å²) in [5.41, 5.74) is 1.45. The van der Waals surface area contributed by atoms with Gasteiger partial charge in [0.15, 0.2) is 0 Å². The van der Waals surface area contributed by atoms with Crippen LogP contribution in [-0.2, 0) is 4.79 Å². The number of hydrogen-bond donors (Lipinski definition) is 2. The lowest BCUT2D eigenvalue weighted by Gasteiger charge is -2.17. The molecule has 29 heavy (non-hydrogen) atoms. The van der Waals surface area contributed by atoms with Gasteiger partial charge >= 0.3 is 0 Å².